The quantitative estimate of drug-likeness (QED) is 0.325. The molecule has 162 valence electrons. The maximum absolute atomic E-state index is 13.0. The van der Waals surface area contributed by atoms with Crippen molar-refractivity contribution in [3.63, 3.8) is 0 Å². The monoisotopic (exact) mass is 527 g/mol. The maximum Gasteiger partial charge on any atom is 0.262 e. The van der Waals surface area contributed by atoms with E-state index in [1.165, 1.54) is 4.57 Å². The molecular formula is C24H19BrClN3O2S. The molecule has 0 spiro atoms. The minimum Gasteiger partial charge on any atom is -0.352 e. The number of nitrogens with zero attached hydrogens (tertiary/aromatic N) is 1. The minimum absolute atomic E-state index is 0.196. The van der Waals surface area contributed by atoms with Gasteiger partial charge in [-0.05, 0) is 72.2 Å². The van der Waals surface area contributed by atoms with E-state index in [1.54, 1.807) is 18.2 Å². The molecule has 0 fully saturated rings. The molecule has 0 aliphatic carbocycles. The molecule has 1 amide bonds. The van der Waals surface area contributed by atoms with Crippen LogP contribution in [-0.2, 0) is 13.0 Å². The van der Waals surface area contributed by atoms with Crippen molar-refractivity contribution in [2.24, 2.45) is 0 Å². The lowest BCUT2D eigenvalue weighted by Gasteiger charge is -2.10. The third-order valence-corrected chi connectivity index (χ3v) is 6.15. The number of carbonyl (C=O) groups is 1. The van der Waals surface area contributed by atoms with Gasteiger partial charge in [-0.1, -0.05) is 51.8 Å². The summed E-state index contributed by atoms with van der Waals surface area (Å²) >= 11 is 14.8. The summed E-state index contributed by atoms with van der Waals surface area (Å²) < 4.78 is 2.76. The van der Waals surface area contributed by atoms with Crippen molar-refractivity contribution in [1.82, 2.24) is 14.9 Å². The smallest absolute Gasteiger partial charge is 0.262 e. The molecule has 4 aromatic rings. The van der Waals surface area contributed by atoms with Crippen LogP contribution in [0, 0.1) is 4.77 Å². The first kappa shape index (κ1) is 22.5. The predicted molar refractivity (Wildman–Crippen MR) is 134 cm³/mol. The Kier molecular flexibility index (Phi) is 6.89. The van der Waals surface area contributed by atoms with Gasteiger partial charge in [-0.15, -0.1) is 0 Å². The number of aromatic nitrogens is 2. The van der Waals surface area contributed by atoms with Crippen molar-refractivity contribution in [2.45, 2.75) is 13.0 Å². The van der Waals surface area contributed by atoms with Crippen LogP contribution >= 0.6 is 39.7 Å². The van der Waals surface area contributed by atoms with E-state index in [9.17, 15) is 9.59 Å². The molecule has 0 unspecified atom stereocenters. The van der Waals surface area contributed by atoms with Crippen molar-refractivity contribution in [3.05, 3.63) is 108 Å². The van der Waals surface area contributed by atoms with Crippen LogP contribution in [0.25, 0.3) is 10.9 Å². The van der Waals surface area contributed by atoms with Crippen molar-refractivity contribution in [2.75, 3.05) is 6.54 Å². The molecule has 0 aliphatic rings. The number of rotatable bonds is 6. The maximum atomic E-state index is 13.0. The summed E-state index contributed by atoms with van der Waals surface area (Å²) in [7, 11) is 0. The van der Waals surface area contributed by atoms with Gasteiger partial charge in [-0.25, -0.2) is 0 Å². The number of carbonyl (C=O) groups excluding carboxylic acids is 1. The van der Waals surface area contributed by atoms with Gasteiger partial charge in [-0.3, -0.25) is 14.2 Å². The van der Waals surface area contributed by atoms with E-state index < -0.39 is 0 Å². The second-order valence-corrected chi connectivity index (χ2v) is 9.08. The Balaban J connectivity index is 1.52. The fourth-order valence-electron chi connectivity index (χ4n) is 3.43. The molecule has 4 rings (SSSR count). The lowest BCUT2D eigenvalue weighted by molar-refractivity contribution is 0.0954. The summed E-state index contributed by atoms with van der Waals surface area (Å²) in [5, 5.41) is 4.07. The SMILES string of the molecule is O=C(NCCc1ccc(Cl)cc1)c1ccc2c(=O)n(Cc3cccc(Br)c3)c(=S)[nH]c2c1. The molecule has 0 aliphatic heterocycles. The van der Waals surface area contributed by atoms with Gasteiger partial charge in [0.1, 0.15) is 0 Å². The number of H-pyrrole nitrogens is 1. The summed E-state index contributed by atoms with van der Waals surface area (Å²) in [6, 6.07) is 20.2. The van der Waals surface area contributed by atoms with E-state index in [0.717, 1.165) is 15.6 Å². The molecule has 5 nitrogen and oxygen atoms in total. The number of halogens is 2. The molecule has 1 aromatic heterocycles. The van der Waals surface area contributed by atoms with E-state index in [1.807, 2.05) is 48.5 Å². The third-order valence-electron chi connectivity index (χ3n) is 5.09. The number of fused-ring (bicyclic) bond motifs is 1. The van der Waals surface area contributed by atoms with Gasteiger partial charge in [0.05, 0.1) is 17.4 Å². The number of amides is 1. The lowest BCUT2D eigenvalue weighted by Crippen LogP contribution is -2.26. The van der Waals surface area contributed by atoms with E-state index in [4.69, 9.17) is 23.8 Å². The zero-order chi connectivity index (χ0) is 22.7. The predicted octanol–water partition coefficient (Wildman–Crippen LogP) is 5.50. The van der Waals surface area contributed by atoms with Gasteiger partial charge < -0.3 is 10.3 Å². The summed E-state index contributed by atoms with van der Waals surface area (Å²) in [6.07, 6.45) is 0.694. The average Bonchev–Trinajstić information content (AvgIpc) is 2.77. The van der Waals surface area contributed by atoms with Crippen LogP contribution < -0.4 is 10.9 Å². The summed E-state index contributed by atoms with van der Waals surface area (Å²) in [6.45, 7) is 0.846. The fourth-order valence-corrected chi connectivity index (χ4v) is 4.26. The first-order valence-electron chi connectivity index (χ1n) is 9.95. The van der Waals surface area contributed by atoms with Crippen molar-refractivity contribution in [1.29, 1.82) is 0 Å². The number of hydrogen-bond acceptors (Lipinski definition) is 3. The lowest BCUT2D eigenvalue weighted by atomic mass is 10.1. The van der Waals surface area contributed by atoms with E-state index in [-0.39, 0.29) is 11.5 Å². The molecule has 32 heavy (non-hydrogen) atoms. The van der Waals surface area contributed by atoms with Crippen LogP contribution in [0.5, 0.6) is 0 Å². The Morgan fingerprint density at radius 2 is 1.84 bits per heavy atom. The molecule has 0 atom stereocenters. The third kappa shape index (κ3) is 5.18. The average molecular weight is 529 g/mol. The highest BCUT2D eigenvalue weighted by molar-refractivity contribution is 9.10. The van der Waals surface area contributed by atoms with Crippen LogP contribution in [0.4, 0.5) is 0 Å². The van der Waals surface area contributed by atoms with Gasteiger partial charge >= 0.3 is 0 Å². The first-order chi connectivity index (χ1) is 15.4. The van der Waals surface area contributed by atoms with Crippen LogP contribution in [-0.4, -0.2) is 22.0 Å². The molecule has 3 aromatic carbocycles. The highest BCUT2D eigenvalue weighted by atomic mass is 79.9. The molecule has 0 bridgehead atoms. The molecule has 8 heteroatoms. The Hall–Kier alpha value is -2.74. The molecule has 2 N–H and O–H groups in total. The van der Waals surface area contributed by atoms with Crippen LogP contribution in [0.1, 0.15) is 21.5 Å². The fraction of sp³-hybridized carbons (Fsp3) is 0.125. The van der Waals surface area contributed by atoms with Crippen molar-refractivity contribution in [3.8, 4) is 0 Å². The first-order valence-corrected chi connectivity index (χ1v) is 11.5. The largest absolute Gasteiger partial charge is 0.352 e. The zero-order valence-corrected chi connectivity index (χ0v) is 20.1. The number of aromatic amines is 1. The van der Waals surface area contributed by atoms with Crippen molar-refractivity contribution < 1.29 is 4.79 Å². The van der Waals surface area contributed by atoms with E-state index in [0.29, 0.717) is 45.8 Å². The van der Waals surface area contributed by atoms with Crippen molar-refractivity contribution >= 4 is 56.6 Å². The van der Waals surface area contributed by atoms with Crippen LogP contribution in [0.2, 0.25) is 5.02 Å². The summed E-state index contributed by atoms with van der Waals surface area (Å²) in [4.78, 5) is 28.7. The normalized spacial score (nSPS) is 10.9. The Bertz CT molecular complexity index is 1410. The molecule has 0 saturated carbocycles. The Morgan fingerprint density at radius 3 is 2.59 bits per heavy atom. The second kappa shape index (κ2) is 9.81. The number of benzene rings is 3. The Labute approximate surface area is 203 Å². The zero-order valence-electron chi connectivity index (χ0n) is 16.9. The second-order valence-electron chi connectivity index (χ2n) is 7.34. The van der Waals surface area contributed by atoms with Crippen LogP contribution in [0.15, 0.2) is 76.0 Å². The highest BCUT2D eigenvalue weighted by Gasteiger charge is 2.11. The molecule has 0 radical (unpaired) electrons. The molecule has 0 saturated heterocycles. The molecule has 1 heterocycles. The van der Waals surface area contributed by atoms with Crippen LogP contribution in [0.3, 0.4) is 0 Å². The number of nitrogens with one attached hydrogen (secondary N) is 2. The van der Waals surface area contributed by atoms with Gasteiger partial charge in [0.15, 0.2) is 4.77 Å². The van der Waals surface area contributed by atoms with Gasteiger partial charge in [-0.2, -0.15) is 0 Å². The standard InChI is InChI=1S/C24H19BrClN3O2S/c25-18-3-1-2-16(12-18)14-29-23(31)20-9-6-17(13-21(20)28-24(29)32)22(30)27-11-10-15-4-7-19(26)8-5-15/h1-9,12-13H,10-11,14H2,(H,27,30)(H,28,32). The summed E-state index contributed by atoms with van der Waals surface area (Å²) in [5.74, 6) is -0.210. The Morgan fingerprint density at radius 1 is 1.06 bits per heavy atom. The van der Waals surface area contributed by atoms with Gasteiger partial charge in [0, 0.05) is 21.6 Å². The minimum atomic E-state index is -0.210. The number of hydrogen-bond donors (Lipinski definition) is 2. The summed E-state index contributed by atoms with van der Waals surface area (Å²) in [5.41, 5.74) is 2.85. The topological polar surface area (TPSA) is 66.9 Å². The van der Waals surface area contributed by atoms with E-state index in [2.05, 4.69) is 26.2 Å². The van der Waals surface area contributed by atoms with Gasteiger partial charge in [0.2, 0.25) is 0 Å². The molecular weight excluding hydrogens is 510 g/mol. The highest BCUT2D eigenvalue weighted by Crippen LogP contribution is 2.15. The van der Waals surface area contributed by atoms with Gasteiger partial charge in [0.25, 0.3) is 11.5 Å². The van der Waals surface area contributed by atoms with E-state index >= 15 is 0 Å².